The third-order valence-corrected chi connectivity index (χ3v) is 3.44. The Morgan fingerprint density at radius 1 is 1.38 bits per heavy atom. The first-order valence-corrected chi connectivity index (χ1v) is 5.89. The molecule has 0 aromatic heterocycles. The third-order valence-electron chi connectivity index (χ3n) is 3.44. The molecule has 88 valence electrons. The third kappa shape index (κ3) is 2.13. The van der Waals surface area contributed by atoms with Crippen molar-refractivity contribution >= 4 is 11.4 Å². The molecule has 2 atom stereocenters. The summed E-state index contributed by atoms with van der Waals surface area (Å²) in [5, 5.41) is 0. The standard InChI is InChI=1S/C13H19FN2/c1-9-5-6-16(10(2)7-9)13-8-11(14)3-4-12(13)15/h3-4,8-10H,5-7,15H2,1-2H3. The van der Waals surface area contributed by atoms with Crippen molar-refractivity contribution in [1.82, 2.24) is 0 Å². The summed E-state index contributed by atoms with van der Waals surface area (Å²) >= 11 is 0. The maximum Gasteiger partial charge on any atom is 0.125 e. The monoisotopic (exact) mass is 222 g/mol. The van der Waals surface area contributed by atoms with Gasteiger partial charge in [-0.05, 0) is 43.9 Å². The van der Waals surface area contributed by atoms with Crippen molar-refractivity contribution < 1.29 is 4.39 Å². The predicted molar refractivity (Wildman–Crippen MR) is 66.0 cm³/mol. The van der Waals surface area contributed by atoms with Gasteiger partial charge in [0.25, 0.3) is 0 Å². The van der Waals surface area contributed by atoms with Gasteiger partial charge in [0, 0.05) is 12.6 Å². The summed E-state index contributed by atoms with van der Waals surface area (Å²) in [6.07, 6.45) is 2.30. The van der Waals surface area contributed by atoms with Crippen LogP contribution in [-0.2, 0) is 0 Å². The van der Waals surface area contributed by atoms with E-state index in [2.05, 4.69) is 18.7 Å². The van der Waals surface area contributed by atoms with Gasteiger partial charge in [-0.15, -0.1) is 0 Å². The lowest BCUT2D eigenvalue weighted by Gasteiger charge is -2.38. The van der Waals surface area contributed by atoms with E-state index in [0.717, 1.165) is 31.0 Å². The van der Waals surface area contributed by atoms with E-state index >= 15 is 0 Å². The molecule has 2 rings (SSSR count). The highest BCUT2D eigenvalue weighted by Gasteiger charge is 2.24. The van der Waals surface area contributed by atoms with Gasteiger partial charge in [0.15, 0.2) is 0 Å². The molecule has 1 aromatic carbocycles. The van der Waals surface area contributed by atoms with E-state index in [1.54, 1.807) is 12.1 Å². The van der Waals surface area contributed by atoms with Crippen LogP contribution in [0.5, 0.6) is 0 Å². The van der Waals surface area contributed by atoms with Crippen LogP contribution >= 0.6 is 0 Å². The number of halogens is 1. The average Bonchev–Trinajstić information content (AvgIpc) is 2.22. The number of anilines is 2. The van der Waals surface area contributed by atoms with Crippen molar-refractivity contribution in [2.75, 3.05) is 17.2 Å². The van der Waals surface area contributed by atoms with E-state index in [1.807, 2.05) is 0 Å². The van der Waals surface area contributed by atoms with E-state index in [4.69, 9.17) is 5.73 Å². The number of nitrogens with zero attached hydrogens (tertiary/aromatic N) is 1. The van der Waals surface area contributed by atoms with Crippen LogP contribution in [-0.4, -0.2) is 12.6 Å². The Morgan fingerprint density at radius 2 is 2.12 bits per heavy atom. The topological polar surface area (TPSA) is 29.3 Å². The molecule has 1 aliphatic rings. The molecule has 1 aromatic rings. The SMILES string of the molecule is CC1CCN(c2cc(F)ccc2N)C(C)C1. The van der Waals surface area contributed by atoms with E-state index in [0.29, 0.717) is 11.7 Å². The van der Waals surface area contributed by atoms with Gasteiger partial charge in [0.1, 0.15) is 5.82 Å². The zero-order chi connectivity index (χ0) is 11.7. The first-order chi connectivity index (χ1) is 7.58. The van der Waals surface area contributed by atoms with Crippen LogP contribution in [0.3, 0.4) is 0 Å². The highest BCUT2D eigenvalue weighted by molar-refractivity contribution is 5.68. The fourth-order valence-electron chi connectivity index (χ4n) is 2.53. The van der Waals surface area contributed by atoms with E-state index < -0.39 is 0 Å². The summed E-state index contributed by atoms with van der Waals surface area (Å²) in [5.74, 6) is 0.538. The highest BCUT2D eigenvalue weighted by atomic mass is 19.1. The molecule has 0 aliphatic carbocycles. The zero-order valence-electron chi connectivity index (χ0n) is 9.91. The van der Waals surface area contributed by atoms with Crippen molar-refractivity contribution in [1.29, 1.82) is 0 Å². The Balaban J connectivity index is 2.26. The van der Waals surface area contributed by atoms with Gasteiger partial charge in [-0.1, -0.05) is 6.92 Å². The Hall–Kier alpha value is -1.25. The Bertz CT molecular complexity index is 378. The van der Waals surface area contributed by atoms with Gasteiger partial charge in [0.05, 0.1) is 11.4 Å². The van der Waals surface area contributed by atoms with Crippen LogP contribution in [0.15, 0.2) is 18.2 Å². The minimum Gasteiger partial charge on any atom is -0.397 e. The molecule has 2 unspecified atom stereocenters. The van der Waals surface area contributed by atoms with Crippen molar-refractivity contribution in [2.45, 2.75) is 32.7 Å². The molecule has 1 aliphatic heterocycles. The Kier molecular flexibility index (Phi) is 3.03. The quantitative estimate of drug-likeness (QED) is 0.740. The Morgan fingerprint density at radius 3 is 2.81 bits per heavy atom. The summed E-state index contributed by atoms with van der Waals surface area (Å²) in [5.41, 5.74) is 7.42. The molecule has 3 heteroatoms. The molecule has 1 saturated heterocycles. The first-order valence-electron chi connectivity index (χ1n) is 5.89. The molecule has 1 heterocycles. The van der Waals surface area contributed by atoms with Crippen molar-refractivity contribution in [3.63, 3.8) is 0 Å². The predicted octanol–water partition coefficient (Wildman–Crippen LogP) is 3.03. The van der Waals surface area contributed by atoms with Crippen LogP contribution in [0.1, 0.15) is 26.7 Å². The maximum atomic E-state index is 13.2. The molecule has 0 amide bonds. The van der Waals surface area contributed by atoms with Gasteiger partial charge >= 0.3 is 0 Å². The molecule has 0 radical (unpaired) electrons. The van der Waals surface area contributed by atoms with Crippen LogP contribution in [0, 0.1) is 11.7 Å². The van der Waals surface area contributed by atoms with Gasteiger partial charge in [-0.2, -0.15) is 0 Å². The fourth-order valence-corrected chi connectivity index (χ4v) is 2.53. The summed E-state index contributed by atoms with van der Waals surface area (Å²) in [7, 11) is 0. The van der Waals surface area contributed by atoms with Gasteiger partial charge in [-0.25, -0.2) is 4.39 Å². The van der Waals surface area contributed by atoms with Crippen molar-refractivity contribution in [3.8, 4) is 0 Å². The molecule has 16 heavy (non-hydrogen) atoms. The van der Waals surface area contributed by atoms with Crippen LogP contribution in [0.4, 0.5) is 15.8 Å². The molecule has 0 saturated carbocycles. The number of nitrogens with two attached hydrogens (primary N) is 1. The molecule has 0 bridgehead atoms. The molecular weight excluding hydrogens is 203 g/mol. The number of hydrogen-bond acceptors (Lipinski definition) is 2. The minimum absolute atomic E-state index is 0.213. The second-order valence-electron chi connectivity index (χ2n) is 4.88. The number of nitrogen functional groups attached to an aromatic ring is 1. The van der Waals surface area contributed by atoms with Crippen LogP contribution in [0.2, 0.25) is 0 Å². The number of hydrogen-bond donors (Lipinski definition) is 1. The summed E-state index contributed by atoms with van der Waals surface area (Å²) in [6.45, 7) is 5.42. The first kappa shape index (κ1) is 11.2. The largest absolute Gasteiger partial charge is 0.397 e. The normalized spacial score (nSPS) is 25.8. The number of piperidine rings is 1. The van der Waals surface area contributed by atoms with Crippen LogP contribution < -0.4 is 10.6 Å². The summed E-state index contributed by atoms with van der Waals surface area (Å²) in [6, 6.07) is 5.04. The van der Waals surface area contributed by atoms with E-state index in [1.165, 1.54) is 6.07 Å². The number of rotatable bonds is 1. The molecule has 0 spiro atoms. The lowest BCUT2D eigenvalue weighted by atomic mass is 9.93. The second kappa shape index (κ2) is 4.32. The molecule has 2 N–H and O–H groups in total. The van der Waals surface area contributed by atoms with Gasteiger partial charge < -0.3 is 10.6 Å². The summed E-state index contributed by atoms with van der Waals surface area (Å²) in [4.78, 5) is 2.22. The smallest absolute Gasteiger partial charge is 0.125 e. The molecule has 1 fully saturated rings. The Labute approximate surface area is 96.2 Å². The fraction of sp³-hybridized carbons (Fsp3) is 0.538. The minimum atomic E-state index is -0.213. The number of benzene rings is 1. The van der Waals surface area contributed by atoms with E-state index in [-0.39, 0.29) is 5.82 Å². The lowest BCUT2D eigenvalue weighted by molar-refractivity contribution is 0.378. The average molecular weight is 222 g/mol. The van der Waals surface area contributed by atoms with Crippen molar-refractivity contribution in [2.24, 2.45) is 5.92 Å². The zero-order valence-corrected chi connectivity index (χ0v) is 9.91. The van der Waals surface area contributed by atoms with Gasteiger partial charge in [-0.3, -0.25) is 0 Å². The molecular formula is C13H19FN2. The highest BCUT2D eigenvalue weighted by Crippen LogP contribution is 2.31. The molecule has 2 nitrogen and oxygen atoms in total. The van der Waals surface area contributed by atoms with Crippen LogP contribution in [0.25, 0.3) is 0 Å². The van der Waals surface area contributed by atoms with E-state index in [9.17, 15) is 4.39 Å². The summed E-state index contributed by atoms with van der Waals surface area (Å²) < 4.78 is 13.2. The maximum absolute atomic E-state index is 13.2. The van der Waals surface area contributed by atoms with Crippen molar-refractivity contribution in [3.05, 3.63) is 24.0 Å². The lowest BCUT2D eigenvalue weighted by Crippen LogP contribution is -2.40. The second-order valence-corrected chi connectivity index (χ2v) is 4.88. The van der Waals surface area contributed by atoms with Gasteiger partial charge in [0.2, 0.25) is 0 Å².